The maximum Gasteiger partial charge on any atom is 0.305 e. The Morgan fingerprint density at radius 1 is 1.00 bits per heavy atom. The number of hydrogen-bond donors (Lipinski definition) is 0. The molecule has 0 radical (unpaired) electrons. The molecule has 1 saturated carbocycles. The monoisotopic (exact) mass is 254 g/mol. The van der Waals surface area contributed by atoms with Crippen molar-refractivity contribution in [2.45, 2.75) is 77.6 Å². The molecule has 2 heteroatoms. The average molecular weight is 254 g/mol. The number of unbranched alkanes of at least 4 members (excludes halogenated alkanes) is 7. The maximum atomic E-state index is 10.9. The second-order valence-corrected chi connectivity index (χ2v) is 5.92. The summed E-state index contributed by atoms with van der Waals surface area (Å²) in [4.78, 5) is 10.9. The zero-order chi connectivity index (χ0) is 13.2. The Bertz CT molecular complexity index is 225. The molecule has 0 spiro atoms. The van der Waals surface area contributed by atoms with Crippen LogP contribution in [0, 0.1) is 11.8 Å². The highest BCUT2D eigenvalue weighted by molar-refractivity contribution is 5.68. The average Bonchev–Trinajstić information content (AvgIpc) is 3.07. The van der Waals surface area contributed by atoms with Crippen molar-refractivity contribution in [3.05, 3.63) is 0 Å². The van der Waals surface area contributed by atoms with Crippen molar-refractivity contribution in [1.29, 1.82) is 0 Å². The normalized spacial score (nSPS) is 21.9. The van der Waals surface area contributed by atoms with E-state index in [1.807, 2.05) is 0 Å². The minimum Gasteiger partial charge on any atom is -0.469 e. The first-order valence-electron chi connectivity index (χ1n) is 7.81. The van der Waals surface area contributed by atoms with Crippen LogP contribution in [0.4, 0.5) is 0 Å². The third-order valence-electron chi connectivity index (χ3n) is 4.21. The molecule has 0 saturated heterocycles. The van der Waals surface area contributed by atoms with E-state index in [0.29, 0.717) is 6.42 Å². The lowest BCUT2D eigenvalue weighted by Gasteiger charge is -2.02. The lowest BCUT2D eigenvalue weighted by Crippen LogP contribution is -1.99. The van der Waals surface area contributed by atoms with E-state index in [1.54, 1.807) is 0 Å². The molecule has 1 fully saturated rings. The SMILES string of the molecule is COC(=O)CCCCCCCCCC[C@@H]1C[C@H]1C. The van der Waals surface area contributed by atoms with Gasteiger partial charge in [-0.25, -0.2) is 0 Å². The van der Waals surface area contributed by atoms with Crippen molar-refractivity contribution in [2.24, 2.45) is 11.8 Å². The van der Waals surface area contributed by atoms with E-state index in [1.165, 1.54) is 64.9 Å². The molecule has 0 amide bonds. The topological polar surface area (TPSA) is 26.3 Å². The highest BCUT2D eigenvalue weighted by Gasteiger charge is 2.31. The van der Waals surface area contributed by atoms with Gasteiger partial charge in [0.05, 0.1) is 7.11 Å². The smallest absolute Gasteiger partial charge is 0.305 e. The summed E-state index contributed by atoms with van der Waals surface area (Å²) in [5.74, 6) is 2.03. The first-order chi connectivity index (χ1) is 8.74. The van der Waals surface area contributed by atoms with Crippen molar-refractivity contribution in [3.8, 4) is 0 Å². The maximum absolute atomic E-state index is 10.9. The molecular formula is C16H30O2. The van der Waals surface area contributed by atoms with Gasteiger partial charge in [-0.1, -0.05) is 58.3 Å². The van der Waals surface area contributed by atoms with Crippen LogP contribution in [0.25, 0.3) is 0 Å². The fraction of sp³-hybridized carbons (Fsp3) is 0.938. The van der Waals surface area contributed by atoms with Gasteiger partial charge >= 0.3 is 5.97 Å². The van der Waals surface area contributed by atoms with Gasteiger partial charge in [-0.05, 0) is 24.7 Å². The molecule has 0 aliphatic heterocycles. The summed E-state index contributed by atoms with van der Waals surface area (Å²) in [6.45, 7) is 2.37. The molecule has 2 atom stereocenters. The Morgan fingerprint density at radius 3 is 2.00 bits per heavy atom. The van der Waals surface area contributed by atoms with Gasteiger partial charge in [0.25, 0.3) is 0 Å². The van der Waals surface area contributed by atoms with E-state index < -0.39 is 0 Å². The quantitative estimate of drug-likeness (QED) is 0.394. The summed E-state index contributed by atoms with van der Waals surface area (Å²) in [5, 5.41) is 0. The van der Waals surface area contributed by atoms with Gasteiger partial charge in [0.1, 0.15) is 0 Å². The summed E-state index contributed by atoms with van der Waals surface area (Å²) >= 11 is 0. The molecule has 0 N–H and O–H groups in total. The summed E-state index contributed by atoms with van der Waals surface area (Å²) in [5.41, 5.74) is 0. The molecule has 0 aromatic rings. The molecule has 0 unspecified atom stereocenters. The highest BCUT2D eigenvalue weighted by Crippen LogP contribution is 2.41. The Balaban J connectivity index is 1.69. The van der Waals surface area contributed by atoms with Crippen molar-refractivity contribution < 1.29 is 9.53 Å². The van der Waals surface area contributed by atoms with E-state index in [0.717, 1.165) is 18.3 Å². The number of methoxy groups -OCH3 is 1. The Labute approximate surface area is 112 Å². The summed E-state index contributed by atoms with van der Waals surface area (Å²) in [6.07, 6.45) is 14.0. The molecule has 1 aliphatic carbocycles. The Morgan fingerprint density at radius 2 is 1.50 bits per heavy atom. The first-order valence-corrected chi connectivity index (χ1v) is 7.81. The highest BCUT2D eigenvalue weighted by atomic mass is 16.5. The first kappa shape index (κ1) is 15.5. The van der Waals surface area contributed by atoms with Gasteiger partial charge in [-0.15, -0.1) is 0 Å². The van der Waals surface area contributed by atoms with Crippen LogP contribution < -0.4 is 0 Å². The van der Waals surface area contributed by atoms with Gasteiger partial charge in [0.2, 0.25) is 0 Å². The largest absolute Gasteiger partial charge is 0.469 e. The van der Waals surface area contributed by atoms with E-state index >= 15 is 0 Å². The fourth-order valence-corrected chi connectivity index (χ4v) is 2.64. The Kier molecular flexibility index (Phi) is 8.11. The van der Waals surface area contributed by atoms with Crippen molar-refractivity contribution >= 4 is 5.97 Å². The molecule has 0 aromatic heterocycles. The van der Waals surface area contributed by atoms with E-state index in [4.69, 9.17) is 0 Å². The van der Waals surface area contributed by atoms with E-state index in [-0.39, 0.29) is 5.97 Å². The van der Waals surface area contributed by atoms with Crippen LogP contribution in [0.3, 0.4) is 0 Å². The predicted octanol–water partition coefficient (Wildman–Crippen LogP) is 4.72. The van der Waals surface area contributed by atoms with E-state index in [2.05, 4.69) is 11.7 Å². The predicted molar refractivity (Wildman–Crippen MR) is 75.5 cm³/mol. The van der Waals surface area contributed by atoms with Crippen molar-refractivity contribution in [1.82, 2.24) is 0 Å². The van der Waals surface area contributed by atoms with Gasteiger partial charge in [0.15, 0.2) is 0 Å². The zero-order valence-electron chi connectivity index (χ0n) is 12.2. The second kappa shape index (κ2) is 9.41. The van der Waals surface area contributed by atoms with Crippen molar-refractivity contribution in [3.63, 3.8) is 0 Å². The molecular weight excluding hydrogens is 224 g/mol. The number of ether oxygens (including phenoxy) is 1. The molecule has 1 aliphatic rings. The molecule has 1 rings (SSSR count). The molecule has 2 nitrogen and oxygen atoms in total. The van der Waals surface area contributed by atoms with Gasteiger partial charge in [-0.2, -0.15) is 0 Å². The lowest BCUT2D eigenvalue weighted by molar-refractivity contribution is -0.140. The summed E-state index contributed by atoms with van der Waals surface area (Å²) in [7, 11) is 1.46. The minimum absolute atomic E-state index is 0.0655. The molecule has 18 heavy (non-hydrogen) atoms. The molecule has 0 bridgehead atoms. The van der Waals surface area contributed by atoms with E-state index in [9.17, 15) is 4.79 Å². The van der Waals surface area contributed by atoms with Crippen LogP contribution in [-0.2, 0) is 9.53 Å². The van der Waals surface area contributed by atoms with Crippen LogP contribution in [0.5, 0.6) is 0 Å². The summed E-state index contributed by atoms with van der Waals surface area (Å²) in [6, 6.07) is 0. The van der Waals surface area contributed by atoms with Crippen LogP contribution in [0.1, 0.15) is 77.6 Å². The number of hydrogen-bond acceptors (Lipinski definition) is 2. The fourth-order valence-electron chi connectivity index (χ4n) is 2.64. The number of rotatable bonds is 11. The van der Waals surface area contributed by atoms with Crippen LogP contribution >= 0.6 is 0 Å². The van der Waals surface area contributed by atoms with Crippen LogP contribution in [0.15, 0.2) is 0 Å². The third-order valence-corrected chi connectivity index (χ3v) is 4.21. The van der Waals surface area contributed by atoms with Crippen LogP contribution in [-0.4, -0.2) is 13.1 Å². The summed E-state index contributed by atoms with van der Waals surface area (Å²) < 4.78 is 4.62. The number of carbonyl (C=O) groups is 1. The number of esters is 1. The minimum atomic E-state index is -0.0655. The lowest BCUT2D eigenvalue weighted by atomic mass is 10.0. The molecule has 0 heterocycles. The zero-order valence-corrected chi connectivity index (χ0v) is 12.2. The van der Waals surface area contributed by atoms with Gasteiger partial charge in [0, 0.05) is 6.42 Å². The Hall–Kier alpha value is -0.530. The molecule has 106 valence electrons. The standard InChI is InChI=1S/C16H30O2/c1-14-13-15(14)11-9-7-5-3-4-6-8-10-12-16(17)18-2/h14-15H,3-13H2,1-2H3/t14-,15-/m1/s1. The van der Waals surface area contributed by atoms with Gasteiger partial charge in [-0.3, -0.25) is 4.79 Å². The second-order valence-electron chi connectivity index (χ2n) is 5.92. The third kappa shape index (κ3) is 7.73. The van der Waals surface area contributed by atoms with Crippen LogP contribution in [0.2, 0.25) is 0 Å². The van der Waals surface area contributed by atoms with Gasteiger partial charge < -0.3 is 4.74 Å². The molecule has 0 aromatic carbocycles. The number of carbonyl (C=O) groups excluding carboxylic acids is 1. The van der Waals surface area contributed by atoms with Crippen molar-refractivity contribution in [2.75, 3.05) is 7.11 Å².